The van der Waals surface area contributed by atoms with Gasteiger partial charge in [-0.15, -0.1) is 0 Å². The van der Waals surface area contributed by atoms with Gasteiger partial charge in [0.2, 0.25) is 0 Å². The maximum absolute atomic E-state index is 4.65. The molecule has 1 aliphatic rings. The Bertz CT molecular complexity index is 2940. The van der Waals surface area contributed by atoms with Gasteiger partial charge in [-0.3, -0.25) is 4.98 Å². The SMILES string of the molecule is c1ccc(-n2c3ccccc3c3cc(-c4ccc5c(c4)c4ccccc4n5-c4ccc5c(c4)-c4cccc6nccc-5c46)ccc32)cc1. The second kappa shape index (κ2) is 9.54. The monoisotopic (exact) mass is 609 g/mol. The number of hydrogen-bond donors (Lipinski definition) is 0. The van der Waals surface area contributed by atoms with Crippen LogP contribution < -0.4 is 0 Å². The number of aromatic nitrogens is 3. The second-order valence-electron chi connectivity index (χ2n) is 12.8. The van der Waals surface area contributed by atoms with Gasteiger partial charge in [-0.25, -0.2) is 0 Å². The van der Waals surface area contributed by atoms with Crippen molar-refractivity contribution in [2.45, 2.75) is 0 Å². The Hall–Kier alpha value is -6.45. The molecule has 0 radical (unpaired) electrons. The van der Waals surface area contributed by atoms with Crippen LogP contribution in [0.15, 0.2) is 164 Å². The Morgan fingerprint density at radius 2 is 0.958 bits per heavy atom. The van der Waals surface area contributed by atoms with E-state index in [0.717, 1.165) is 5.52 Å². The van der Waals surface area contributed by atoms with Crippen molar-refractivity contribution in [3.05, 3.63) is 164 Å². The van der Waals surface area contributed by atoms with Crippen molar-refractivity contribution in [3.8, 4) is 44.8 Å². The van der Waals surface area contributed by atoms with Crippen molar-refractivity contribution in [3.63, 3.8) is 0 Å². The normalized spacial score (nSPS) is 12.2. The zero-order valence-electron chi connectivity index (χ0n) is 25.9. The highest BCUT2D eigenvalue weighted by Gasteiger charge is 2.23. The van der Waals surface area contributed by atoms with Crippen molar-refractivity contribution in [1.29, 1.82) is 0 Å². The Morgan fingerprint density at radius 3 is 1.67 bits per heavy atom. The number of fused-ring (bicyclic) bond motifs is 9. The molecule has 0 bridgehead atoms. The summed E-state index contributed by atoms with van der Waals surface area (Å²) in [4.78, 5) is 4.65. The summed E-state index contributed by atoms with van der Waals surface area (Å²) in [5.41, 5.74) is 15.8. The standard InChI is InChI=1S/C45H27N3/c1-2-9-30(10-3-1)47-41-15-6-4-11-33(41)38-25-28(17-21-43(38)47)29-18-22-44-39(26-29)34-12-5-7-16-42(34)48(44)31-19-20-32-36-23-24-46-40-14-8-13-35(45(36)40)37(32)27-31/h1-27H. The van der Waals surface area contributed by atoms with Gasteiger partial charge in [0.05, 0.1) is 27.6 Å². The zero-order valence-corrected chi connectivity index (χ0v) is 25.9. The van der Waals surface area contributed by atoms with Crippen molar-refractivity contribution < 1.29 is 0 Å². The average Bonchev–Trinajstić information content (AvgIpc) is 3.78. The van der Waals surface area contributed by atoms with Gasteiger partial charge in [0.25, 0.3) is 0 Å². The molecule has 3 aromatic heterocycles. The summed E-state index contributed by atoms with van der Waals surface area (Å²) in [5, 5.41) is 6.29. The predicted octanol–water partition coefficient (Wildman–Crippen LogP) is 11.7. The molecule has 0 atom stereocenters. The summed E-state index contributed by atoms with van der Waals surface area (Å²) in [6.45, 7) is 0. The summed E-state index contributed by atoms with van der Waals surface area (Å²) in [7, 11) is 0. The van der Waals surface area contributed by atoms with Crippen molar-refractivity contribution in [2.75, 3.05) is 0 Å². The van der Waals surface area contributed by atoms with Gasteiger partial charge in [-0.1, -0.05) is 84.9 Å². The van der Waals surface area contributed by atoms with Crippen LogP contribution in [-0.4, -0.2) is 14.1 Å². The zero-order chi connectivity index (χ0) is 31.3. The van der Waals surface area contributed by atoms with Crippen molar-refractivity contribution in [2.24, 2.45) is 0 Å². The van der Waals surface area contributed by atoms with Crippen LogP contribution in [0.3, 0.4) is 0 Å². The summed E-state index contributed by atoms with van der Waals surface area (Å²) < 4.78 is 4.80. The van der Waals surface area contributed by atoms with E-state index in [0.29, 0.717) is 0 Å². The van der Waals surface area contributed by atoms with E-state index < -0.39 is 0 Å². The van der Waals surface area contributed by atoms with Gasteiger partial charge in [0.15, 0.2) is 0 Å². The Kier molecular flexibility index (Phi) is 5.11. The molecule has 11 rings (SSSR count). The van der Waals surface area contributed by atoms with Crippen LogP contribution in [0.25, 0.3) is 99.3 Å². The molecule has 7 aromatic carbocycles. The fraction of sp³-hybridized carbons (Fsp3) is 0. The Morgan fingerprint density at radius 1 is 0.354 bits per heavy atom. The average molecular weight is 610 g/mol. The fourth-order valence-corrected chi connectivity index (χ4v) is 8.22. The molecule has 3 heterocycles. The molecule has 0 N–H and O–H groups in total. The largest absolute Gasteiger partial charge is 0.309 e. The van der Waals surface area contributed by atoms with Crippen molar-refractivity contribution >= 4 is 54.5 Å². The van der Waals surface area contributed by atoms with Crippen molar-refractivity contribution in [1.82, 2.24) is 14.1 Å². The molecule has 0 amide bonds. The third-order valence-electron chi connectivity index (χ3n) is 10.3. The van der Waals surface area contributed by atoms with Crippen LogP contribution in [0.1, 0.15) is 0 Å². The van der Waals surface area contributed by atoms with Crippen LogP contribution >= 0.6 is 0 Å². The molecule has 0 saturated heterocycles. The third kappa shape index (κ3) is 3.45. The Labute approximate surface area is 276 Å². The molecular formula is C45H27N3. The molecule has 48 heavy (non-hydrogen) atoms. The maximum Gasteiger partial charge on any atom is 0.0714 e. The molecule has 0 fully saturated rings. The minimum absolute atomic E-state index is 1.05. The van der Waals surface area contributed by atoms with Gasteiger partial charge in [0.1, 0.15) is 0 Å². The van der Waals surface area contributed by atoms with E-state index in [2.05, 4.69) is 172 Å². The van der Waals surface area contributed by atoms with E-state index in [4.69, 9.17) is 0 Å². The molecule has 10 aromatic rings. The van der Waals surface area contributed by atoms with Crippen LogP contribution in [0.2, 0.25) is 0 Å². The topological polar surface area (TPSA) is 22.8 Å². The number of hydrogen-bond acceptors (Lipinski definition) is 1. The minimum Gasteiger partial charge on any atom is -0.309 e. The summed E-state index contributed by atoms with van der Waals surface area (Å²) in [6, 6.07) is 57.6. The molecule has 0 saturated carbocycles. The lowest BCUT2D eigenvalue weighted by Crippen LogP contribution is -1.94. The fourth-order valence-electron chi connectivity index (χ4n) is 8.22. The highest BCUT2D eigenvalue weighted by molar-refractivity contribution is 6.15. The lowest BCUT2D eigenvalue weighted by Gasteiger charge is -2.11. The Balaban J connectivity index is 1.10. The molecule has 222 valence electrons. The number of nitrogens with zero attached hydrogens (tertiary/aromatic N) is 3. The molecule has 3 heteroatoms. The molecule has 0 aliphatic heterocycles. The number of pyridine rings is 1. The first kappa shape index (κ1) is 25.7. The minimum atomic E-state index is 1.05. The van der Waals surface area contributed by atoms with Gasteiger partial charge < -0.3 is 9.13 Å². The molecule has 0 spiro atoms. The summed E-state index contributed by atoms with van der Waals surface area (Å²) in [6.07, 6.45) is 1.92. The van der Waals surface area contributed by atoms with E-state index in [-0.39, 0.29) is 0 Å². The number of rotatable bonds is 3. The number of benzene rings is 7. The van der Waals surface area contributed by atoms with Gasteiger partial charge in [0, 0.05) is 44.5 Å². The lowest BCUT2D eigenvalue weighted by atomic mass is 10.0. The third-order valence-corrected chi connectivity index (χ3v) is 10.3. The molecule has 0 unspecified atom stereocenters. The smallest absolute Gasteiger partial charge is 0.0714 e. The van der Waals surface area contributed by atoms with Crippen LogP contribution in [-0.2, 0) is 0 Å². The first-order valence-corrected chi connectivity index (χ1v) is 16.5. The van der Waals surface area contributed by atoms with E-state index in [9.17, 15) is 0 Å². The van der Waals surface area contributed by atoms with E-state index >= 15 is 0 Å². The lowest BCUT2D eigenvalue weighted by molar-refractivity contribution is 1.18. The van der Waals surface area contributed by atoms with Crippen LogP contribution in [0.5, 0.6) is 0 Å². The number of para-hydroxylation sites is 3. The highest BCUT2D eigenvalue weighted by atomic mass is 15.0. The van der Waals surface area contributed by atoms with Gasteiger partial charge in [-0.2, -0.15) is 0 Å². The first-order valence-electron chi connectivity index (χ1n) is 16.5. The predicted molar refractivity (Wildman–Crippen MR) is 200 cm³/mol. The van der Waals surface area contributed by atoms with Crippen LogP contribution in [0.4, 0.5) is 0 Å². The van der Waals surface area contributed by atoms with Crippen LogP contribution in [0, 0.1) is 0 Å². The first-order chi connectivity index (χ1) is 23.8. The van der Waals surface area contributed by atoms with E-state index in [1.165, 1.54) is 93.8 Å². The van der Waals surface area contributed by atoms with E-state index in [1.807, 2.05) is 6.20 Å². The second-order valence-corrected chi connectivity index (χ2v) is 12.8. The van der Waals surface area contributed by atoms with Gasteiger partial charge >= 0.3 is 0 Å². The summed E-state index contributed by atoms with van der Waals surface area (Å²) in [5.74, 6) is 0. The molecule has 1 aliphatic carbocycles. The maximum atomic E-state index is 4.65. The van der Waals surface area contributed by atoms with E-state index in [1.54, 1.807) is 0 Å². The quantitative estimate of drug-likeness (QED) is 0.195. The highest BCUT2D eigenvalue weighted by Crippen LogP contribution is 2.48. The van der Waals surface area contributed by atoms with Gasteiger partial charge in [-0.05, 0) is 106 Å². The molecule has 3 nitrogen and oxygen atoms in total. The summed E-state index contributed by atoms with van der Waals surface area (Å²) >= 11 is 0. The molecular weight excluding hydrogens is 583 g/mol.